The normalized spacial score (nSPS) is 27.2. The first kappa shape index (κ1) is 19.7. The highest BCUT2D eigenvalue weighted by atomic mass is 28.1. The van der Waals surface area contributed by atoms with Crippen LogP contribution in [0, 0.1) is 5.92 Å². The minimum absolute atomic E-state index is 0.0960. The molecule has 0 saturated carbocycles. The topological polar surface area (TPSA) is 116 Å². The molecule has 0 radical (unpaired) electrons. The van der Waals surface area contributed by atoms with Crippen molar-refractivity contribution in [2.75, 3.05) is 19.6 Å². The lowest BCUT2D eigenvalue weighted by atomic mass is 10.1. The molecule has 0 aromatic carbocycles. The van der Waals surface area contributed by atoms with E-state index in [1.54, 1.807) is 16.7 Å². The van der Waals surface area contributed by atoms with Crippen LogP contribution in [-0.2, 0) is 14.4 Å². The van der Waals surface area contributed by atoms with Gasteiger partial charge in [0.2, 0.25) is 11.8 Å². The van der Waals surface area contributed by atoms with Crippen molar-refractivity contribution in [2.45, 2.75) is 49.9 Å². The van der Waals surface area contributed by atoms with Gasteiger partial charge in [-0.3, -0.25) is 14.4 Å². The van der Waals surface area contributed by atoms with Crippen LogP contribution in [0.3, 0.4) is 0 Å². The summed E-state index contributed by atoms with van der Waals surface area (Å²) < 4.78 is 0. The summed E-state index contributed by atoms with van der Waals surface area (Å²) in [6.07, 6.45) is 1.33. The summed E-state index contributed by atoms with van der Waals surface area (Å²) in [6.45, 7) is 6.23. The third-order valence-electron chi connectivity index (χ3n) is 5.44. The second kappa shape index (κ2) is 8.20. The zero-order chi connectivity index (χ0) is 18.7. The summed E-state index contributed by atoms with van der Waals surface area (Å²) in [4.78, 5) is 43.7. The van der Waals surface area contributed by atoms with E-state index in [9.17, 15) is 19.5 Å². The Bertz CT molecular complexity index is 556. The molecule has 2 saturated heterocycles. The van der Waals surface area contributed by atoms with Gasteiger partial charge in [0, 0.05) is 29.9 Å². The van der Waals surface area contributed by atoms with E-state index in [4.69, 9.17) is 5.73 Å². The lowest BCUT2D eigenvalue weighted by molar-refractivity contribution is -0.140. The number of hydrogen-bond donors (Lipinski definition) is 2. The molecular formula is C16H28N4O4Si. The number of aliphatic hydroxyl groups is 1. The standard InChI is InChI=1S/C16H28N4O4Si/c1-9(21)13(25)12(17)16(24)19-7-5-10(8-19)15(23)20-6-3-4-11(20)14(22)18-2/h9-13,21H,2-8,17H2,1,25H3/t9-,10-,11-,12+,13?/m1/s1. The molecule has 140 valence electrons. The zero-order valence-corrected chi connectivity index (χ0v) is 16.9. The molecule has 2 aliphatic rings. The van der Waals surface area contributed by atoms with Crippen LogP contribution in [0.5, 0.6) is 0 Å². The second-order valence-electron chi connectivity index (χ2n) is 7.08. The molecule has 0 aromatic heterocycles. The minimum atomic E-state index is -0.730. The van der Waals surface area contributed by atoms with Gasteiger partial charge < -0.3 is 20.6 Å². The zero-order valence-electron chi connectivity index (χ0n) is 14.9. The fourth-order valence-corrected chi connectivity index (χ4v) is 3.81. The number of likely N-dealkylation sites (tertiary alicyclic amines) is 2. The molecule has 5 atom stereocenters. The molecule has 3 N–H and O–H groups in total. The summed E-state index contributed by atoms with van der Waals surface area (Å²) in [7, 11) is 0.618. The van der Waals surface area contributed by atoms with Gasteiger partial charge in [-0.15, -0.1) is 0 Å². The van der Waals surface area contributed by atoms with Gasteiger partial charge in [-0.05, 0) is 38.4 Å². The van der Waals surface area contributed by atoms with Crippen LogP contribution in [0.25, 0.3) is 0 Å². The van der Waals surface area contributed by atoms with Crippen molar-refractivity contribution >= 4 is 34.7 Å². The highest BCUT2D eigenvalue weighted by molar-refractivity contribution is 6.14. The Balaban J connectivity index is 1.98. The highest BCUT2D eigenvalue weighted by Crippen LogP contribution is 2.26. The number of hydrogen-bond acceptors (Lipinski definition) is 5. The number of carbonyl (C=O) groups excluding carboxylic acids is 3. The molecule has 9 heteroatoms. The van der Waals surface area contributed by atoms with Crippen LogP contribution in [0.4, 0.5) is 0 Å². The first-order valence-electron chi connectivity index (χ1n) is 8.81. The van der Waals surface area contributed by atoms with E-state index in [-0.39, 0.29) is 29.2 Å². The van der Waals surface area contributed by atoms with E-state index >= 15 is 0 Å². The predicted octanol–water partition coefficient (Wildman–Crippen LogP) is -2.08. The van der Waals surface area contributed by atoms with Crippen molar-refractivity contribution in [3.05, 3.63) is 0 Å². The number of carbonyl (C=O) groups is 3. The van der Waals surface area contributed by atoms with E-state index in [0.717, 1.165) is 6.42 Å². The van der Waals surface area contributed by atoms with Crippen molar-refractivity contribution < 1.29 is 19.5 Å². The van der Waals surface area contributed by atoms with Gasteiger partial charge >= 0.3 is 0 Å². The molecule has 2 rings (SSSR count). The molecule has 0 bridgehead atoms. The lowest BCUT2D eigenvalue weighted by Crippen LogP contribution is -2.48. The predicted molar refractivity (Wildman–Crippen MR) is 97.3 cm³/mol. The fraction of sp³-hybridized carbons (Fsp3) is 0.750. The van der Waals surface area contributed by atoms with Crippen LogP contribution in [0.15, 0.2) is 4.99 Å². The van der Waals surface area contributed by atoms with Crippen LogP contribution < -0.4 is 5.73 Å². The SMILES string of the molecule is C=NC(=O)[C@H]1CCCN1C(=O)[C@@H]1CCN(C(=O)[C@@H](N)C([SiH3])[C@@H](C)O)C1. The number of nitrogens with two attached hydrogens (primary N) is 1. The van der Waals surface area contributed by atoms with Crippen LogP contribution in [-0.4, -0.2) is 87.4 Å². The van der Waals surface area contributed by atoms with Crippen LogP contribution in [0.1, 0.15) is 26.2 Å². The maximum Gasteiger partial charge on any atom is 0.267 e. The molecule has 0 spiro atoms. The summed E-state index contributed by atoms with van der Waals surface area (Å²) in [5, 5.41) is 9.65. The fourth-order valence-electron chi connectivity index (χ4n) is 3.52. The van der Waals surface area contributed by atoms with Crippen molar-refractivity contribution in [1.29, 1.82) is 0 Å². The van der Waals surface area contributed by atoms with Gasteiger partial charge in [0.25, 0.3) is 5.91 Å². The Labute approximate surface area is 150 Å². The quantitative estimate of drug-likeness (QED) is 0.427. The number of aliphatic imine (C=N–C) groups is 1. The molecule has 2 heterocycles. The Morgan fingerprint density at radius 3 is 2.60 bits per heavy atom. The van der Waals surface area contributed by atoms with Gasteiger partial charge in [-0.2, -0.15) is 0 Å². The molecule has 0 aliphatic carbocycles. The van der Waals surface area contributed by atoms with Crippen molar-refractivity contribution in [3.63, 3.8) is 0 Å². The number of amides is 3. The maximum absolute atomic E-state index is 12.8. The van der Waals surface area contributed by atoms with Crippen molar-refractivity contribution in [2.24, 2.45) is 16.6 Å². The van der Waals surface area contributed by atoms with Crippen LogP contribution in [0.2, 0.25) is 5.54 Å². The summed E-state index contributed by atoms with van der Waals surface area (Å²) >= 11 is 0. The van der Waals surface area contributed by atoms with E-state index in [2.05, 4.69) is 11.7 Å². The lowest BCUT2D eigenvalue weighted by Gasteiger charge is -2.27. The third-order valence-corrected chi connectivity index (χ3v) is 7.12. The van der Waals surface area contributed by atoms with Crippen molar-refractivity contribution in [1.82, 2.24) is 9.80 Å². The van der Waals surface area contributed by atoms with E-state index in [1.165, 1.54) is 0 Å². The first-order chi connectivity index (χ1) is 11.8. The Hall–Kier alpha value is -1.58. The number of rotatable bonds is 5. The monoisotopic (exact) mass is 368 g/mol. The van der Waals surface area contributed by atoms with Crippen LogP contribution >= 0.6 is 0 Å². The summed E-state index contributed by atoms with van der Waals surface area (Å²) in [6, 6.07) is -1.25. The highest BCUT2D eigenvalue weighted by Gasteiger charge is 2.41. The molecule has 2 aliphatic heterocycles. The smallest absolute Gasteiger partial charge is 0.267 e. The molecule has 2 fully saturated rings. The third kappa shape index (κ3) is 4.16. The van der Waals surface area contributed by atoms with Gasteiger partial charge in [0.15, 0.2) is 0 Å². The van der Waals surface area contributed by atoms with E-state index in [0.29, 0.717) is 42.7 Å². The summed E-state index contributed by atoms with van der Waals surface area (Å²) in [5.74, 6) is -0.984. The average Bonchev–Trinajstić information content (AvgIpc) is 3.27. The molecule has 1 unspecified atom stereocenters. The van der Waals surface area contributed by atoms with Gasteiger partial charge in [-0.1, -0.05) is 0 Å². The molecular weight excluding hydrogens is 340 g/mol. The van der Waals surface area contributed by atoms with E-state index in [1.807, 2.05) is 0 Å². The van der Waals surface area contributed by atoms with Crippen molar-refractivity contribution in [3.8, 4) is 0 Å². The largest absolute Gasteiger partial charge is 0.393 e. The van der Waals surface area contributed by atoms with Gasteiger partial charge in [-0.25, -0.2) is 4.99 Å². The first-order valence-corrected chi connectivity index (χ1v) is 9.96. The molecule has 0 aromatic rings. The Morgan fingerprint density at radius 2 is 2.00 bits per heavy atom. The van der Waals surface area contributed by atoms with Gasteiger partial charge in [0.05, 0.1) is 18.1 Å². The van der Waals surface area contributed by atoms with Gasteiger partial charge in [0.1, 0.15) is 6.04 Å². The number of aliphatic hydroxyl groups excluding tert-OH is 1. The molecule has 8 nitrogen and oxygen atoms in total. The Morgan fingerprint density at radius 1 is 1.32 bits per heavy atom. The minimum Gasteiger partial charge on any atom is -0.393 e. The summed E-state index contributed by atoms with van der Waals surface area (Å²) in [5.41, 5.74) is 5.77. The maximum atomic E-state index is 12.8. The molecule has 3 amide bonds. The second-order valence-corrected chi connectivity index (χ2v) is 8.41. The Kier molecular flexibility index (Phi) is 6.47. The molecule has 25 heavy (non-hydrogen) atoms. The number of nitrogens with zero attached hydrogens (tertiary/aromatic N) is 3. The average molecular weight is 369 g/mol. The van der Waals surface area contributed by atoms with E-state index < -0.39 is 18.2 Å².